The number of halogens is 1. The van der Waals surface area contributed by atoms with Gasteiger partial charge in [-0.25, -0.2) is 14.8 Å². The molecule has 1 saturated heterocycles. The number of methoxy groups -OCH3 is 1. The molecular weight excluding hydrogens is 330 g/mol. The van der Waals surface area contributed by atoms with E-state index in [0.717, 1.165) is 0 Å². The molecule has 0 aromatic carbocycles. The van der Waals surface area contributed by atoms with Gasteiger partial charge in [0.15, 0.2) is 5.72 Å². The summed E-state index contributed by atoms with van der Waals surface area (Å²) >= 11 is 6.05. The van der Waals surface area contributed by atoms with Crippen LogP contribution in [-0.4, -0.2) is 68.4 Å². The molecule has 124 valence electrons. The molecule has 1 fully saturated rings. The molecule has 2 aromatic rings. The van der Waals surface area contributed by atoms with Gasteiger partial charge in [0.1, 0.15) is 29.3 Å². The van der Waals surface area contributed by atoms with Crippen molar-refractivity contribution in [2.24, 2.45) is 0 Å². The maximum absolute atomic E-state index is 12.0. The van der Waals surface area contributed by atoms with Crippen molar-refractivity contribution < 1.29 is 29.6 Å². The van der Waals surface area contributed by atoms with Crippen LogP contribution >= 0.6 is 11.6 Å². The minimum Gasteiger partial charge on any atom is -0.465 e. The van der Waals surface area contributed by atoms with E-state index in [0.29, 0.717) is 0 Å². The highest BCUT2D eigenvalue weighted by molar-refractivity contribution is 6.35. The smallest absolute Gasteiger partial charge is 0.340 e. The van der Waals surface area contributed by atoms with Crippen molar-refractivity contribution in [3.8, 4) is 0 Å². The van der Waals surface area contributed by atoms with Crippen molar-refractivity contribution in [3.63, 3.8) is 0 Å². The van der Waals surface area contributed by atoms with Gasteiger partial charge in [-0.2, -0.15) is 0 Å². The van der Waals surface area contributed by atoms with Crippen molar-refractivity contribution in [1.82, 2.24) is 14.5 Å². The Morgan fingerprint density at radius 2 is 2.30 bits per heavy atom. The molecule has 0 spiro atoms. The fourth-order valence-corrected chi connectivity index (χ4v) is 2.94. The van der Waals surface area contributed by atoms with E-state index in [1.807, 2.05) is 0 Å². The number of nitrogens with zero attached hydrogens (tertiary/aromatic N) is 3. The van der Waals surface area contributed by atoms with Gasteiger partial charge in [0, 0.05) is 6.20 Å². The molecule has 1 aliphatic rings. The highest BCUT2D eigenvalue weighted by Gasteiger charge is 2.51. The van der Waals surface area contributed by atoms with Crippen LogP contribution in [0.3, 0.4) is 0 Å². The Labute approximate surface area is 135 Å². The molecule has 0 amide bonds. The summed E-state index contributed by atoms with van der Waals surface area (Å²) in [4.78, 5) is 19.9. The zero-order valence-corrected chi connectivity index (χ0v) is 12.8. The van der Waals surface area contributed by atoms with Crippen LogP contribution in [0.15, 0.2) is 12.5 Å². The number of hydrogen-bond donors (Lipinski definition) is 3. The molecular formula is C13H14ClN3O6. The molecule has 0 radical (unpaired) electrons. The van der Waals surface area contributed by atoms with E-state index in [9.17, 15) is 20.1 Å². The van der Waals surface area contributed by atoms with Crippen molar-refractivity contribution in [1.29, 1.82) is 0 Å². The number of rotatable bonds is 3. The highest BCUT2D eigenvalue weighted by Crippen LogP contribution is 2.37. The Balaban J connectivity index is 2.30. The molecule has 0 unspecified atom stereocenters. The fourth-order valence-electron chi connectivity index (χ4n) is 2.71. The standard InChI is InChI=1S/C13H14ClN3O6/c1-22-12(21)6-2-17(11-8(6)10(14)15-5-16-11)13(4-18)9(20)7(19)3-23-13/h2,5,7,9,18-20H,3-4H2,1H3/t7-,9-,13-/m0/s1. The van der Waals surface area contributed by atoms with E-state index in [4.69, 9.17) is 21.1 Å². The minimum atomic E-state index is -1.69. The lowest BCUT2D eigenvalue weighted by Gasteiger charge is -2.31. The number of aliphatic hydroxyl groups is 3. The molecule has 3 heterocycles. The van der Waals surface area contributed by atoms with Gasteiger partial charge in [0.2, 0.25) is 0 Å². The van der Waals surface area contributed by atoms with Crippen LogP contribution in [0.25, 0.3) is 11.0 Å². The largest absolute Gasteiger partial charge is 0.465 e. The van der Waals surface area contributed by atoms with Crippen LogP contribution in [0, 0.1) is 0 Å². The number of carbonyl (C=O) groups excluding carboxylic acids is 1. The van der Waals surface area contributed by atoms with Crippen molar-refractivity contribution in [3.05, 3.63) is 23.2 Å². The van der Waals surface area contributed by atoms with E-state index >= 15 is 0 Å². The zero-order valence-electron chi connectivity index (χ0n) is 12.0. The Kier molecular flexibility index (Phi) is 3.98. The van der Waals surface area contributed by atoms with Crippen molar-refractivity contribution >= 4 is 28.6 Å². The number of hydrogen-bond acceptors (Lipinski definition) is 8. The molecule has 23 heavy (non-hydrogen) atoms. The van der Waals surface area contributed by atoms with Crippen LogP contribution in [0.2, 0.25) is 5.15 Å². The summed E-state index contributed by atoms with van der Waals surface area (Å²) in [6, 6.07) is 0. The lowest BCUT2D eigenvalue weighted by atomic mass is 10.1. The number of ether oxygens (including phenoxy) is 2. The molecule has 10 heteroatoms. The van der Waals surface area contributed by atoms with Crippen LogP contribution in [-0.2, 0) is 15.2 Å². The number of esters is 1. The summed E-state index contributed by atoms with van der Waals surface area (Å²) in [5, 5.41) is 30.0. The zero-order chi connectivity index (χ0) is 16.8. The maximum atomic E-state index is 12.0. The SMILES string of the molecule is COC(=O)c1cn([C@@]2(CO)OC[C@H](O)[C@@H]2O)c2ncnc(Cl)c12. The Bertz CT molecular complexity index is 765. The summed E-state index contributed by atoms with van der Waals surface area (Å²) < 4.78 is 11.4. The van der Waals surface area contributed by atoms with E-state index in [1.54, 1.807) is 0 Å². The second-order valence-corrected chi connectivity index (χ2v) is 5.45. The van der Waals surface area contributed by atoms with E-state index < -0.39 is 30.5 Å². The summed E-state index contributed by atoms with van der Waals surface area (Å²) in [5.74, 6) is -0.688. The monoisotopic (exact) mass is 343 g/mol. The van der Waals surface area contributed by atoms with Crippen LogP contribution in [0.1, 0.15) is 10.4 Å². The fraction of sp³-hybridized carbons (Fsp3) is 0.462. The molecule has 0 aliphatic carbocycles. The van der Waals surface area contributed by atoms with Gasteiger partial charge < -0.3 is 24.8 Å². The normalized spacial score (nSPS) is 27.5. The highest BCUT2D eigenvalue weighted by atomic mass is 35.5. The Morgan fingerprint density at radius 1 is 1.57 bits per heavy atom. The number of aliphatic hydroxyl groups excluding tert-OH is 3. The van der Waals surface area contributed by atoms with Crippen LogP contribution in [0.4, 0.5) is 0 Å². The first-order chi connectivity index (χ1) is 11.0. The molecule has 3 atom stereocenters. The summed E-state index contributed by atoms with van der Waals surface area (Å²) in [7, 11) is 1.20. The second-order valence-electron chi connectivity index (χ2n) is 5.09. The third-order valence-corrected chi connectivity index (χ3v) is 4.19. The Hall–Kier alpha value is -1.78. The predicted molar refractivity (Wildman–Crippen MR) is 76.9 cm³/mol. The van der Waals surface area contributed by atoms with Gasteiger partial charge in [0.05, 0.1) is 31.3 Å². The van der Waals surface area contributed by atoms with E-state index in [2.05, 4.69) is 9.97 Å². The summed E-state index contributed by atoms with van der Waals surface area (Å²) in [5.41, 5.74) is -1.48. The third-order valence-electron chi connectivity index (χ3n) is 3.91. The number of carbonyl (C=O) groups is 1. The van der Waals surface area contributed by atoms with Gasteiger partial charge in [-0.1, -0.05) is 11.6 Å². The molecule has 9 nitrogen and oxygen atoms in total. The van der Waals surface area contributed by atoms with E-state index in [-0.39, 0.29) is 28.4 Å². The average Bonchev–Trinajstić information content (AvgIpc) is 3.08. The molecule has 0 saturated carbocycles. The first kappa shape index (κ1) is 16.1. The van der Waals surface area contributed by atoms with E-state index in [1.165, 1.54) is 24.2 Å². The maximum Gasteiger partial charge on any atom is 0.340 e. The first-order valence-corrected chi connectivity index (χ1v) is 7.05. The molecule has 3 rings (SSSR count). The second kappa shape index (κ2) is 5.69. The number of aromatic nitrogens is 3. The molecule has 2 aromatic heterocycles. The van der Waals surface area contributed by atoms with Gasteiger partial charge in [-0.3, -0.25) is 4.57 Å². The molecule has 1 aliphatic heterocycles. The van der Waals surface area contributed by atoms with Gasteiger partial charge >= 0.3 is 5.97 Å². The summed E-state index contributed by atoms with van der Waals surface area (Å²) in [6.45, 7) is -0.842. The van der Waals surface area contributed by atoms with Crippen molar-refractivity contribution in [2.45, 2.75) is 17.9 Å². The average molecular weight is 344 g/mol. The topological polar surface area (TPSA) is 127 Å². The van der Waals surface area contributed by atoms with Gasteiger partial charge in [-0.15, -0.1) is 0 Å². The summed E-state index contributed by atoms with van der Waals surface area (Å²) in [6.07, 6.45) is -0.152. The molecule has 3 N–H and O–H groups in total. The first-order valence-electron chi connectivity index (χ1n) is 6.67. The minimum absolute atomic E-state index is 0.00951. The van der Waals surface area contributed by atoms with Crippen molar-refractivity contribution in [2.75, 3.05) is 20.3 Å². The van der Waals surface area contributed by atoms with Gasteiger partial charge in [-0.05, 0) is 0 Å². The molecule has 0 bridgehead atoms. The third kappa shape index (κ3) is 2.20. The van der Waals surface area contributed by atoms with Crippen LogP contribution < -0.4 is 0 Å². The lowest BCUT2D eigenvalue weighted by Crippen LogP contribution is -2.48. The number of fused-ring (bicyclic) bond motifs is 1. The lowest BCUT2D eigenvalue weighted by molar-refractivity contribution is -0.149. The quantitative estimate of drug-likeness (QED) is 0.491. The van der Waals surface area contributed by atoms with Gasteiger partial charge in [0.25, 0.3) is 0 Å². The Morgan fingerprint density at radius 3 is 2.87 bits per heavy atom. The van der Waals surface area contributed by atoms with Crippen LogP contribution in [0.5, 0.6) is 0 Å². The predicted octanol–water partition coefficient (Wildman–Crippen LogP) is -0.732.